The van der Waals surface area contributed by atoms with Crippen molar-refractivity contribution in [3.63, 3.8) is 0 Å². The summed E-state index contributed by atoms with van der Waals surface area (Å²) in [6.45, 7) is 0.984. The van der Waals surface area contributed by atoms with E-state index in [4.69, 9.17) is 20.8 Å². The lowest BCUT2D eigenvalue weighted by molar-refractivity contribution is -0.145. The lowest BCUT2D eigenvalue weighted by atomic mass is 9.71. The zero-order valence-electron chi connectivity index (χ0n) is 17.6. The van der Waals surface area contributed by atoms with Crippen molar-refractivity contribution in [1.29, 1.82) is 0 Å². The zero-order valence-corrected chi connectivity index (χ0v) is 18.4. The van der Waals surface area contributed by atoms with Crippen LogP contribution in [0.5, 0.6) is 5.75 Å². The SMILES string of the molecule is O=C(COc1cc2oc(=O)c3c(c2cc1Cl)CCCC3)N1CC[C@]2(O)CCCC[C@H]2C1. The third kappa shape index (κ3) is 3.85. The Labute approximate surface area is 186 Å². The van der Waals surface area contributed by atoms with Gasteiger partial charge in [-0.05, 0) is 56.6 Å². The van der Waals surface area contributed by atoms with Crippen molar-refractivity contribution in [1.82, 2.24) is 4.90 Å². The van der Waals surface area contributed by atoms with E-state index in [1.165, 1.54) is 0 Å². The lowest BCUT2D eigenvalue weighted by Crippen LogP contribution is -2.55. The van der Waals surface area contributed by atoms with Crippen molar-refractivity contribution >= 4 is 28.5 Å². The minimum atomic E-state index is -0.617. The number of halogens is 1. The minimum Gasteiger partial charge on any atom is -0.482 e. The third-order valence-corrected chi connectivity index (χ3v) is 7.70. The summed E-state index contributed by atoms with van der Waals surface area (Å²) in [6, 6.07) is 3.41. The second-order valence-electron chi connectivity index (χ2n) is 9.26. The van der Waals surface area contributed by atoms with Crippen LogP contribution in [0.1, 0.15) is 56.1 Å². The quantitative estimate of drug-likeness (QED) is 0.725. The first-order chi connectivity index (χ1) is 14.9. The lowest BCUT2D eigenvalue weighted by Gasteiger charge is -2.47. The highest BCUT2D eigenvalue weighted by molar-refractivity contribution is 6.32. The van der Waals surface area contributed by atoms with Gasteiger partial charge in [0, 0.05) is 36.0 Å². The molecule has 0 radical (unpaired) electrons. The van der Waals surface area contributed by atoms with E-state index < -0.39 is 5.60 Å². The highest BCUT2D eigenvalue weighted by Crippen LogP contribution is 2.40. The van der Waals surface area contributed by atoms with Crippen LogP contribution in [-0.2, 0) is 17.6 Å². The molecule has 2 aliphatic carbocycles. The van der Waals surface area contributed by atoms with Gasteiger partial charge in [0.15, 0.2) is 6.61 Å². The molecule has 5 rings (SSSR count). The minimum absolute atomic E-state index is 0.115. The van der Waals surface area contributed by atoms with Gasteiger partial charge in [-0.15, -0.1) is 0 Å². The molecule has 166 valence electrons. The number of rotatable bonds is 3. The summed E-state index contributed by atoms with van der Waals surface area (Å²) in [5, 5.41) is 12.1. The van der Waals surface area contributed by atoms with E-state index in [1.54, 1.807) is 17.0 Å². The molecule has 1 amide bonds. The summed E-state index contributed by atoms with van der Waals surface area (Å²) < 4.78 is 11.3. The monoisotopic (exact) mass is 445 g/mol. The zero-order chi connectivity index (χ0) is 21.6. The molecule has 1 saturated carbocycles. The molecule has 6 nitrogen and oxygen atoms in total. The van der Waals surface area contributed by atoms with Crippen molar-refractivity contribution in [3.05, 3.63) is 38.7 Å². The Bertz CT molecular complexity index is 1080. The summed E-state index contributed by atoms with van der Waals surface area (Å²) in [5.41, 5.74) is 1.32. The molecule has 1 aromatic heterocycles. The van der Waals surface area contributed by atoms with Crippen LogP contribution in [0, 0.1) is 5.92 Å². The fourth-order valence-corrected chi connectivity index (χ4v) is 5.80. The van der Waals surface area contributed by atoms with Crippen molar-refractivity contribution in [3.8, 4) is 5.75 Å². The molecule has 1 saturated heterocycles. The smallest absolute Gasteiger partial charge is 0.339 e. The van der Waals surface area contributed by atoms with Gasteiger partial charge in [-0.25, -0.2) is 4.79 Å². The number of aliphatic hydroxyl groups is 1. The van der Waals surface area contributed by atoms with Crippen molar-refractivity contribution in [2.24, 2.45) is 5.92 Å². The van der Waals surface area contributed by atoms with Crippen LogP contribution in [0.15, 0.2) is 21.3 Å². The number of hydrogen-bond acceptors (Lipinski definition) is 5. The predicted octanol–water partition coefficient (Wildman–Crippen LogP) is 3.86. The molecule has 1 N–H and O–H groups in total. The maximum atomic E-state index is 12.8. The molecule has 31 heavy (non-hydrogen) atoms. The number of benzene rings is 1. The average molecular weight is 446 g/mol. The standard InChI is InChI=1S/C24H28ClNO5/c25-19-11-18-16-6-1-2-7-17(16)23(28)31-20(18)12-21(19)30-14-22(27)26-10-9-24(29)8-4-3-5-15(24)13-26/h11-12,15,29H,1-10,13-14H2/t15-,24+/m0/s1. The van der Waals surface area contributed by atoms with Crippen LogP contribution < -0.4 is 10.4 Å². The Balaban J connectivity index is 1.31. The maximum Gasteiger partial charge on any atom is 0.339 e. The second kappa shape index (κ2) is 8.14. The van der Waals surface area contributed by atoms with Gasteiger partial charge in [0.1, 0.15) is 11.3 Å². The van der Waals surface area contributed by atoms with Crippen molar-refractivity contribution in [2.45, 2.75) is 63.4 Å². The Morgan fingerprint density at radius 1 is 1.19 bits per heavy atom. The van der Waals surface area contributed by atoms with E-state index in [2.05, 4.69) is 0 Å². The first-order valence-corrected chi connectivity index (χ1v) is 11.7. The van der Waals surface area contributed by atoms with Crippen molar-refractivity contribution in [2.75, 3.05) is 19.7 Å². The Hall–Kier alpha value is -2.05. The van der Waals surface area contributed by atoms with Gasteiger partial charge in [-0.2, -0.15) is 0 Å². The first kappa shape index (κ1) is 20.8. The van der Waals surface area contributed by atoms with Crippen LogP contribution in [0.4, 0.5) is 0 Å². The number of likely N-dealkylation sites (tertiary alicyclic amines) is 1. The number of nitrogens with zero attached hydrogens (tertiary/aromatic N) is 1. The molecule has 0 unspecified atom stereocenters. The summed E-state index contributed by atoms with van der Waals surface area (Å²) in [7, 11) is 0. The van der Waals surface area contributed by atoms with Crippen LogP contribution >= 0.6 is 11.6 Å². The molecule has 7 heteroatoms. The molecule has 0 bridgehead atoms. The maximum absolute atomic E-state index is 12.8. The normalized spacial score (nSPS) is 25.7. The van der Waals surface area contributed by atoms with Gasteiger partial charge >= 0.3 is 5.63 Å². The van der Waals surface area contributed by atoms with Gasteiger partial charge in [0.25, 0.3) is 5.91 Å². The van der Waals surface area contributed by atoms with E-state index in [0.717, 1.165) is 67.9 Å². The third-order valence-electron chi connectivity index (χ3n) is 7.41. The van der Waals surface area contributed by atoms with Gasteiger partial charge in [-0.1, -0.05) is 24.4 Å². The van der Waals surface area contributed by atoms with E-state index >= 15 is 0 Å². The summed E-state index contributed by atoms with van der Waals surface area (Å²) in [6.07, 6.45) is 8.20. The van der Waals surface area contributed by atoms with Gasteiger partial charge < -0.3 is 19.2 Å². The van der Waals surface area contributed by atoms with Gasteiger partial charge in [-0.3, -0.25) is 4.79 Å². The van der Waals surface area contributed by atoms with E-state index in [0.29, 0.717) is 35.9 Å². The molecule has 2 atom stereocenters. The average Bonchev–Trinajstić information content (AvgIpc) is 2.77. The number of amides is 1. The molecular weight excluding hydrogens is 418 g/mol. The fraction of sp³-hybridized carbons (Fsp3) is 0.583. The van der Waals surface area contributed by atoms with Crippen LogP contribution in [0.25, 0.3) is 11.0 Å². The Morgan fingerprint density at radius 2 is 2.00 bits per heavy atom. The summed E-state index contributed by atoms with van der Waals surface area (Å²) in [4.78, 5) is 26.9. The molecule has 3 aliphatic rings. The number of piperidine rings is 1. The largest absolute Gasteiger partial charge is 0.482 e. The number of carbonyl (C=O) groups is 1. The molecule has 2 aromatic rings. The highest BCUT2D eigenvalue weighted by atomic mass is 35.5. The predicted molar refractivity (Wildman–Crippen MR) is 118 cm³/mol. The van der Waals surface area contributed by atoms with Crippen molar-refractivity contribution < 1.29 is 19.1 Å². The number of carbonyl (C=O) groups excluding carboxylic acids is 1. The molecule has 2 fully saturated rings. The number of fused-ring (bicyclic) bond motifs is 4. The number of hydrogen-bond donors (Lipinski definition) is 1. The molecule has 1 aliphatic heterocycles. The fourth-order valence-electron chi connectivity index (χ4n) is 5.58. The van der Waals surface area contributed by atoms with Crippen LogP contribution in [0.3, 0.4) is 0 Å². The van der Waals surface area contributed by atoms with Gasteiger partial charge in [0.05, 0.1) is 10.6 Å². The molecule has 1 aromatic carbocycles. The molecule has 2 heterocycles. The molecular formula is C24H28ClNO5. The summed E-state index contributed by atoms with van der Waals surface area (Å²) >= 11 is 6.46. The number of ether oxygens (including phenoxy) is 1. The van der Waals surface area contributed by atoms with Crippen LogP contribution in [-0.4, -0.2) is 41.2 Å². The summed E-state index contributed by atoms with van der Waals surface area (Å²) in [5.74, 6) is 0.368. The Morgan fingerprint density at radius 3 is 2.84 bits per heavy atom. The first-order valence-electron chi connectivity index (χ1n) is 11.4. The second-order valence-corrected chi connectivity index (χ2v) is 9.66. The Kier molecular flexibility index (Phi) is 5.47. The van der Waals surface area contributed by atoms with Gasteiger partial charge in [0.2, 0.25) is 0 Å². The van der Waals surface area contributed by atoms with E-state index in [-0.39, 0.29) is 24.1 Å². The van der Waals surface area contributed by atoms with E-state index in [9.17, 15) is 14.7 Å². The molecule has 0 spiro atoms. The van der Waals surface area contributed by atoms with Crippen LogP contribution in [0.2, 0.25) is 5.02 Å². The van der Waals surface area contributed by atoms with E-state index in [1.807, 2.05) is 0 Å². The topological polar surface area (TPSA) is 80.0 Å². The highest BCUT2D eigenvalue weighted by Gasteiger charge is 2.43. The number of aryl methyl sites for hydroxylation is 1.